The number of hydrogen-bond donors (Lipinski definition) is 1. The van der Waals surface area contributed by atoms with Crippen molar-refractivity contribution in [3.8, 4) is 16.7 Å². The minimum Gasteiger partial charge on any atom is -0.490 e. The third-order valence-corrected chi connectivity index (χ3v) is 8.00. The number of benzene rings is 2. The Kier molecular flexibility index (Phi) is 8.19. The molecule has 0 atom stereocenters. The third-order valence-electron chi connectivity index (χ3n) is 7.14. The van der Waals surface area contributed by atoms with Gasteiger partial charge in [0.2, 0.25) is 5.13 Å². The first-order valence-corrected chi connectivity index (χ1v) is 14.6. The highest BCUT2D eigenvalue weighted by molar-refractivity contribution is 7.17. The van der Waals surface area contributed by atoms with Gasteiger partial charge in [-0.25, -0.2) is 4.79 Å². The van der Waals surface area contributed by atoms with Crippen molar-refractivity contribution in [2.24, 2.45) is 0 Å². The number of hydrogen-bond acceptors (Lipinski definition) is 9. The van der Waals surface area contributed by atoms with Gasteiger partial charge in [-0.05, 0) is 67.5 Å². The van der Waals surface area contributed by atoms with E-state index in [4.69, 9.17) is 18.9 Å². The lowest BCUT2D eigenvalue weighted by atomic mass is 9.78. The second-order valence-corrected chi connectivity index (χ2v) is 12.8. The topological polar surface area (TPSA) is 95.0 Å². The predicted octanol–water partition coefficient (Wildman–Crippen LogP) is 5.93. The van der Waals surface area contributed by atoms with Gasteiger partial charge in [0.05, 0.1) is 13.2 Å². The van der Waals surface area contributed by atoms with Crippen LogP contribution in [0.15, 0.2) is 48.5 Å². The lowest BCUT2D eigenvalue weighted by Crippen LogP contribution is -2.46. The van der Waals surface area contributed by atoms with E-state index in [0.29, 0.717) is 31.2 Å². The smallest absolute Gasteiger partial charge is 0.407 e. The van der Waals surface area contributed by atoms with Crippen LogP contribution in [-0.4, -0.2) is 60.3 Å². The van der Waals surface area contributed by atoms with E-state index in [1.807, 2.05) is 45.0 Å². The zero-order chi connectivity index (χ0) is 28.3. The summed E-state index contributed by atoms with van der Waals surface area (Å²) in [6.07, 6.45) is 0.976. The molecule has 9 nitrogen and oxygen atoms in total. The lowest BCUT2D eigenvalue weighted by molar-refractivity contribution is -0.0243. The number of amides is 1. The summed E-state index contributed by atoms with van der Waals surface area (Å²) in [6.45, 7) is 13.2. The van der Waals surface area contributed by atoms with Crippen molar-refractivity contribution in [1.82, 2.24) is 15.5 Å². The highest BCUT2D eigenvalue weighted by Gasteiger charge is 2.34. The van der Waals surface area contributed by atoms with Crippen LogP contribution in [0, 0.1) is 0 Å². The van der Waals surface area contributed by atoms with Gasteiger partial charge in [-0.15, -0.1) is 5.10 Å². The molecule has 1 saturated carbocycles. The highest BCUT2D eigenvalue weighted by Crippen LogP contribution is 2.36. The molecule has 1 aliphatic heterocycles. The summed E-state index contributed by atoms with van der Waals surface area (Å²) in [6, 6.07) is 16.4. The minimum absolute atomic E-state index is 0.0526. The number of morpholine rings is 1. The summed E-state index contributed by atoms with van der Waals surface area (Å²) in [7, 11) is 0. The van der Waals surface area contributed by atoms with Crippen LogP contribution < -0.4 is 19.7 Å². The normalized spacial score (nSPS) is 19.5. The van der Waals surface area contributed by atoms with Gasteiger partial charge in [-0.3, -0.25) is 0 Å². The molecule has 0 unspecified atom stereocenters. The van der Waals surface area contributed by atoms with Crippen LogP contribution >= 0.6 is 11.3 Å². The second kappa shape index (κ2) is 11.6. The van der Waals surface area contributed by atoms with Crippen molar-refractivity contribution in [3.63, 3.8) is 0 Å². The fraction of sp³-hybridized carbons (Fsp3) is 0.500. The maximum Gasteiger partial charge on any atom is 0.407 e. The monoisotopic (exact) mass is 566 g/mol. The molecule has 3 aromatic rings. The summed E-state index contributed by atoms with van der Waals surface area (Å²) in [4.78, 5) is 14.1. The zero-order valence-electron chi connectivity index (χ0n) is 23.8. The Morgan fingerprint density at radius 2 is 1.50 bits per heavy atom. The van der Waals surface area contributed by atoms with Gasteiger partial charge in [-0.1, -0.05) is 43.2 Å². The summed E-state index contributed by atoms with van der Waals surface area (Å²) in [5.41, 5.74) is 1.84. The Balaban J connectivity index is 1.12. The zero-order valence-corrected chi connectivity index (χ0v) is 24.6. The molecule has 1 N–H and O–H groups in total. The molecular formula is C30H38N4O5S. The first-order valence-electron chi connectivity index (χ1n) is 13.8. The van der Waals surface area contributed by atoms with Crippen LogP contribution in [0.3, 0.4) is 0 Å². The Labute approximate surface area is 239 Å². The quantitative estimate of drug-likeness (QED) is 0.359. The fourth-order valence-electron chi connectivity index (χ4n) is 4.67. The molecular weight excluding hydrogens is 528 g/mol. The number of rotatable bonds is 8. The van der Waals surface area contributed by atoms with Crippen molar-refractivity contribution in [2.75, 3.05) is 31.2 Å². The van der Waals surface area contributed by atoms with Gasteiger partial charge in [0.1, 0.15) is 23.7 Å². The maximum atomic E-state index is 11.9. The van der Waals surface area contributed by atoms with E-state index in [2.05, 4.69) is 58.5 Å². The Bertz CT molecular complexity index is 1270. The molecule has 214 valence electrons. The number of nitrogens with zero attached hydrogens (tertiary/aromatic N) is 3. The van der Waals surface area contributed by atoms with E-state index >= 15 is 0 Å². The van der Waals surface area contributed by atoms with Gasteiger partial charge in [0.25, 0.3) is 0 Å². The molecule has 10 heteroatoms. The van der Waals surface area contributed by atoms with Crippen LogP contribution in [0.5, 0.6) is 16.7 Å². The van der Waals surface area contributed by atoms with Crippen LogP contribution in [-0.2, 0) is 14.9 Å². The minimum atomic E-state index is -0.375. The molecule has 1 amide bonds. The summed E-state index contributed by atoms with van der Waals surface area (Å²) in [5.74, 6) is 1.55. The summed E-state index contributed by atoms with van der Waals surface area (Å²) >= 11 is 1.45. The van der Waals surface area contributed by atoms with Crippen LogP contribution in [0.2, 0.25) is 0 Å². The number of ether oxygens (including phenoxy) is 4. The van der Waals surface area contributed by atoms with E-state index in [0.717, 1.165) is 29.7 Å². The van der Waals surface area contributed by atoms with Gasteiger partial charge in [0, 0.05) is 36.9 Å². The van der Waals surface area contributed by atoms with E-state index in [9.17, 15) is 4.79 Å². The molecule has 2 aromatic carbocycles. The molecule has 0 bridgehead atoms. The van der Waals surface area contributed by atoms with E-state index in [-0.39, 0.29) is 29.3 Å². The molecule has 2 aliphatic rings. The molecule has 1 saturated heterocycles. The van der Waals surface area contributed by atoms with Crippen LogP contribution in [0.25, 0.3) is 0 Å². The van der Waals surface area contributed by atoms with Crippen LogP contribution in [0.1, 0.15) is 58.6 Å². The second-order valence-electron chi connectivity index (χ2n) is 11.8. The van der Waals surface area contributed by atoms with Crippen molar-refractivity contribution < 1.29 is 23.7 Å². The highest BCUT2D eigenvalue weighted by atomic mass is 32.1. The largest absolute Gasteiger partial charge is 0.490 e. The fourth-order valence-corrected chi connectivity index (χ4v) is 5.44. The number of carbonyl (C=O) groups is 1. The Morgan fingerprint density at radius 1 is 0.900 bits per heavy atom. The average molecular weight is 567 g/mol. The SMILES string of the molecule is CC(C)(C)NC(=O)OC1CC(Oc2ccc(C(C)(C)c3ccc(Oc4nnc(N5CCOCC5)s4)cc3)cc2)C1. The average Bonchev–Trinajstić information content (AvgIpc) is 3.36. The standard InChI is InChI=1S/C30H38N4O5S/c1-29(2,3)31-27(35)38-25-18-24(19-25)37-22-10-6-20(7-11-22)30(4,5)21-8-12-23(13-9-21)39-28-33-32-26(40-28)34-14-16-36-17-15-34/h6-13,24-25H,14-19H2,1-5H3,(H,31,35). The molecule has 0 spiro atoms. The number of alkyl carbamates (subject to hydrolysis) is 1. The molecule has 40 heavy (non-hydrogen) atoms. The molecule has 0 radical (unpaired) electrons. The van der Waals surface area contributed by atoms with Crippen molar-refractivity contribution >= 4 is 22.6 Å². The molecule has 1 aliphatic carbocycles. The summed E-state index contributed by atoms with van der Waals surface area (Å²) in [5, 5.41) is 12.7. The lowest BCUT2D eigenvalue weighted by Gasteiger charge is -2.35. The first-order chi connectivity index (χ1) is 19.0. The predicted molar refractivity (Wildman–Crippen MR) is 155 cm³/mol. The van der Waals surface area contributed by atoms with E-state index < -0.39 is 0 Å². The van der Waals surface area contributed by atoms with Gasteiger partial charge < -0.3 is 29.2 Å². The van der Waals surface area contributed by atoms with E-state index in [1.165, 1.54) is 22.5 Å². The van der Waals surface area contributed by atoms with Crippen molar-refractivity contribution in [3.05, 3.63) is 59.7 Å². The van der Waals surface area contributed by atoms with Gasteiger partial charge in [0.15, 0.2) is 0 Å². The van der Waals surface area contributed by atoms with Gasteiger partial charge >= 0.3 is 11.3 Å². The van der Waals surface area contributed by atoms with Crippen molar-refractivity contribution in [2.45, 2.75) is 70.6 Å². The Hall–Kier alpha value is -3.37. The summed E-state index contributed by atoms with van der Waals surface area (Å²) < 4.78 is 23.0. The maximum absolute atomic E-state index is 11.9. The van der Waals surface area contributed by atoms with Crippen LogP contribution in [0.4, 0.5) is 9.93 Å². The number of anilines is 1. The Morgan fingerprint density at radius 3 is 2.10 bits per heavy atom. The number of aromatic nitrogens is 2. The van der Waals surface area contributed by atoms with Crippen molar-refractivity contribution in [1.29, 1.82) is 0 Å². The third kappa shape index (κ3) is 7.03. The molecule has 1 aromatic heterocycles. The van der Waals surface area contributed by atoms with Gasteiger partial charge in [-0.2, -0.15) is 0 Å². The first kappa shape index (κ1) is 28.2. The molecule has 5 rings (SSSR count). The molecule has 2 heterocycles. The van der Waals surface area contributed by atoms with E-state index in [1.54, 1.807) is 0 Å². The number of nitrogens with one attached hydrogen (secondary N) is 1. The number of carbonyl (C=O) groups excluding carboxylic acids is 1. The molecule has 2 fully saturated rings.